The van der Waals surface area contributed by atoms with E-state index in [-0.39, 0.29) is 53.2 Å². The van der Waals surface area contributed by atoms with Crippen molar-refractivity contribution in [1.29, 1.82) is 5.26 Å². The van der Waals surface area contributed by atoms with Crippen molar-refractivity contribution < 1.29 is 22.8 Å². The van der Waals surface area contributed by atoms with Gasteiger partial charge in [0.15, 0.2) is 0 Å². The maximum atomic E-state index is 13.9. The minimum absolute atomic E-state index is 0.0420. The van der Waals surface area contributed by atoms with E-state index in [0.717, 1.165) is 0 Å². The summed E-state index contributed by atoms with van der Waals surface area (Å²) in [6.45, 7) is 0.615. The molecule has 1 aromatic rings. The average Bonchev–Trinajstić information content (AvgIpc) is 3.25. The van der Waals surface area contributed by atoms with Gasteiger partial charge in [0.2, 0.25) is 5.91 Å². The van der Waals surface area contributed by atoms with E-state index in [4.69, 9.17) is 22.6 Å². The van der Waals surface area contributed by atoms with Crippen molar-refractivity contribution in [2.75, 3.05) is 31.5 Å². The molecule has 0 spiro atoms. The molecule has 1 unspecified atom stereocenters. The van der Waals surface area contributed by atoms with Crippen molar-refractivity contribution >= 4 is 46.1 Å². The van der Waals surface area contributed by atoms with Crippen LogP contribution in [0.3, 0.4) is 0 Å². The Morgan fingerprint density at radius 1 is 1.17 bits per heavy atom. The second-order valence-electron chi connectivity index (χ2n) is 10.0. The van der Waals surface area contributed by atoms with Gasteiger partial charge in [0, 0.05) is 66.6 Å². The quantitative estimate of drug-likeness (QED) is 0.370. The lowest BCUT2D eigenvalue weighted by Crippen LogP contribution is -2.59. The Balaban J connectivity index is 1.36. The lowest BCUT2D eigenvalue weighted by molar-refractivity contribution is -0.134. The van der Waals surface area contributed by atoms with Gasteiger partial charge in [-0.15, -0.1) is 0 Å². The number of aliphatic imine (C=N–C) groups is 1. The molecule has 0 bridgehead atoms. The molecule has 0 aromatic heterocycles. The topological polar surface area (TPSA) is 136 Å². The van der Waals surface area contributed by atoms with Gasteiger partial charge in [-0.05, 0) is 24.3 Å². The average molecular weight is 596 g/mol. The molecule has 2 amide bonds. The highest BCUT2D eigenvalue weighted by Crippen LogP contribution is 2.40. The number of fused-ring (bicyclic) bond motifs is 1. The van der Waals surface area contributed by atoms with Crippen LogP contribution < -0.4 is 16.4 Å². The molecule has 1 aliphatic carbocycles. The predicted molar refractivity (Wildman–Crippen MR) is 153 cm³/mol. The van der Waals surface area contributed by atoms with E-state index in [1.165, 1.54) is 24.4 Å². The number of hydrogen-bond acceptors (Lipinski definition) is 7. The van der Waals surface area contributed by atoms with Gasteiger partial charge in [0.25, 0.3) is 5.91 Å². The lowest BCUT2D eigenvalue weighted by Gasteiger charge is -2.36. The Morgan fingerprint density at radius 2 is 1.93 bits per heavy atom. The number of dihydropyridines is 1. The van der Waals surface area contributed by atoms with Crippen LogP contribution in [0.5, 0.6) is 0 Å². The minimum Gasteiger partial charge on any atom is -0.354 e. The van der Waals surface area contributed by atoms with Gasteiger partial charge in [-0.2, -0.15) is 18.4 Å². The number of aromatic nitrogens is 1. The number of benzene rings is 1. The molecule has 1 atom stereocenters. The Labute approximate surface area is 244 Å². The molecule has 5 rings (SSSR count). The first-order chi connectivity index (χ1) is 20.0. The highest BCUT2D eigenvalue weighted by molar-refractivity contribution is 6.34. The molecule has 0 radical (unpaired) electrons. The third-order valence-corrected chi connectivity index (χ3v) is 7.28. The van der Waals surface area contributed by atoms with Crippen LogP contribution in [0.4, 0.5) is 24.5 Å². The number of amides is 2. The number of allylic oxidation sites excluding steroid dienone is 1. The molecule has 3 aliphatic heterocycles. The highest BCUT2D eigenvalue weighted by Gasteiger charge is 2.41. The van der Waals surface area contributed by atoms with Crippen LogP contribution in [0.25, 0.3) is 16.8 Å². The van der Waals surface area contributed by atoms with Crippen molar-refractivity contribution in [1.82, 2.24) is 15.2 Å². The molecule has 4 aliphatic rings. The van der Waals surface area contributed by atoms with Gasteiger partial charge >= 0.3 is 6.18 Å². The second-order valence-corrected chi connectivity index (χ2v) is 10.4. The van der Waals surface area contributed by atoms with Crippen LogP contribution in [-0.4, -0.2) is 65.8 Å². The van der Waals surface area contributed by atoms with Gasteiger partial charge in [-0.3, -0.25) is 19.6 Å². The number of rotatable bonds is 7. The van der Waals surface area contributed by atoms with Crippen molar-refractivity contribution in [3.63, 3.8) is 0 Å². The predicted octanol–water partition coefficient (Wildman–Crippen LogP) is 4.41. The molecule has 13 heteroatoms. The molecule has 1 aromatic carbocycles. The van der Waals surface area contributed by atoms with E-state index in [1.54, 1.807) is 35.2 Å². The van der Waals surface area contributed by atoms with Crippen LogP contribution in [0.1, 0.15) is 22.3 Å². The van der Waals surface area contributed by atoms with Crippen LogP contribution in [-0.2, 0) is 4.79 Å². The van der Waals surface area contributed by atoms with E-state index in [9.17, 15) is 22.8 Å². The molecule has 1 saturated heterocycles. The number of anilines is 2. The van der Waals surface area contributed by atoms with Crippen molar-refractivity contribution in [3.8, 4) is 17.3 Å². The molecular formula is C29H25ClF3N7O2. The summed E-state index contributed by atoms with van der Waals surface area (Å²) in [5.74, 6) is -1.19. The maximum Gasteiger partial charge on any atom is 0.433 e. The fraction of sp³-hybridized carbons (Fsp3) is 0.276. The minimum atomic E-state index is -4.68. The fourth-order valence-electron chi connectivity index (χ4n) is 4.85. The Bertz CT molecular complexity index is 1610. The summed E-state index contributed by atoms with van der Waals surface area (Å²) in [5, 5.41) is 14.9. The van der Waals surface area contributed by atoms with E-state index < -0.39 is 23.7 Å². The molecular weight excluding hydrogens is 571 g/mol. The molecule has 4 N–H and O–H groups in total. The summed E-state index contributed by atoms with van der Waals surface area (Å²) in [6, 6.07) is 13.4. The Kier molecular flexibility index (Phi) is 8.15. The SMILES string of the molecule is N#CCC1C=C(c2cnc3c(Nc4ccc(C(=O)NCC(=O)N5CC(N)C5)c(Cl)c4)ccccc2-3)C(C(F)(F)F)=NC1. The number of nitriles is 1. The van der Waals surface area contributed by atoms with E-state index in [2.05, 4.69) is 20.6 Å². The zero-order valence-electron chi connectivity index (χ0n) is 22.1. The number of carbonyl (C=O) groups is 2. The fourth-order valence-corrected chi connectivity index (χ4v) is 5.12. The number of nitrogens with one attached hydrogen (secondary N) is 2. The summed E-state index contributed by atoms with van der Waals surface area (Å²) >= 11 is 6.40. The monoisotopic (exact) mass is 595 g/mol. The maximum absolute atomic E-state index is 13.9. The van der Waals surface area contributed by atoms with Crippen LogP contribution in [0.2, 0.25) is 5.02 Å². The van der Waals surface area contributed by atoms with Crippen LogP contribution in [0.15, 0.2) is 59.7 Å². The zero-order chi connectivity index (χ0) is 30.0. The smallest absolute Gasteiger partial charge is 0.354 e. The normalized spacial score (nSPS) is 17.1. The summed E-state index contributed by atoms with van der Waals surface area (Å²) in [6.07, 6.45) is -1.81. The van der Waals surface area contributed by atoms with Crippen molar-refractivity contribution in [2.24, 2.45) is 16.6 Å². The third-order valence-electron chi connectivity index (χ3n) is 6.97. The number of alkyl halides is 3. The van der Waals surface area contributed by atoms with Crippen molar-refractivity contribution in [3.05, 3.63) is 70.9 Å². The van der Waals surface area contributed by atoms with Gasteiger partial charge < -0.3 is 21.3 Å². The molecule has 3 heterocycles. The largest absolute Gasteiger partial charge is 0.433 e. The number of carbonyl (C=O) groups excluding carboxylic acids is 2. The molecule has 42 heavy (non-hydrogen) atoms. The zero-order valence-corrected chi connectivity index (χ0v) is 22.8. The van der Waals surface area contributed by atoms with E-state index in [0.29, 0.717) is 35.7 Å². The molecule has 216 valence electrons. The second kappa shape index (κ2) is 11.8. The number of hydrogen-bond donors (Lipinski definition) is 3. The van der Waals surface area contributed by atoms with Gasteiger partial charge in [-0.1, -0.05) is 35.9 Å². The molecule has 1 fully saturated rings. The summed E-state index contributed by atoms with van der Waals surface area (Å²) in [7, 11) is 0. The standard InChI is InChI=1S/C29H25ClF3N7O2/c30-23-10-18(5-6-20(23)28(42)38-13-25(41)40-14-17(35)15-40)39-24-4-2-1-3-19-22(12-36-26(19)24)21-9-16(7-8-34)11-37-27(21)29(31,32)33/h1-6,9-10,12,16-17,39H,7,11,13-15,35H2,(H,38,42). The number of nitrogens with zero attached hydrogens (tertiary/aromatic N) is 4. The summed E-state index contributed by atoms with van der Waals surface area (Å²) in [4.78, 5) is 34.5. The lowest BCUT2D eigenvalue weighted by atomic mass is 9.90. The first-order valence-electron chi connectivity index (χ1n) is 13.0. The van der Waals surface area contributed by atoms with E-state index in [1.807, 2.05) is 6.07 Å². The van der Waals surface area contributed by atoms with Gasteiger partial charge in [0.05, 0.1) is 34.6 Å². The summed E-state index contributed by atoms with van der Waals surface area (Å²) in [5.41, 5.74) is 6.85. The number of halogens is 4. The Morgan fingerprint density at radius 3 is 2.62 bits per heavy atom. The third kappa shape index (κ3) is 6.07. The first kappa shape index (κ1) is 29.0. The van der Waals surface area contributed by atoms with E-state index >= 15 is 0 Å². The Hall–Kier alpha value is -4.47. The summed E-state index contributed by atoms with van der Waals surface area (Å²) < 4.78 is 41.7. The van der Waals surface area contributed by atoms with Crippen LogP contribution >= 0.6 is 11.6 Å². The highest BCUT2D eigenvalue weighted by atomic mass is 35.5. The first-order valence-corrected chi connectivity index (χ1v) is 13.4. The number of likely N-dealkylation sites (tertiary alicyclic amines) is 1. The van der Waals surface area contributed by atoms with Crippen LogP contribution in [0, 0.1) is 17.2 Å². The number of nitrogens with two attached hydrogens (primary N) is 1. The van der Waals surface area contributed by atoms with Gasteiger partial charge in [0.1, 0.15) is 5.71 Å². The van der Waals surface area contributed by atoms with Gasteiger partial charge in [-0.25, -0.2) is 0 Å². The molecule has 0 saturated carbocycles. The van der Waals surface area contributed by atoms with Crippen molar-refractivity contribution in [2.45, 2.75) is 18.6 Å². The molecule has 9 nitrogen and oxygen atoms in total.